The molecule has 1 saturated heterocycles. The summed E-state index contributed by atoms with van der Waals surface area (Å²) in [6.45, 7) is 0.607. The summed E-state index contributed by atoms with van der Waals surface area (Å²) in [5.74, 6) is 0.780. The predicted octanol–water partition coefficient (Wildman–Crippen LogP) is 5.30. The second-order valence-electron chi connectivity index (χ2n) is 10.4. The Morgan fingerprint density at radius 3 is 2.74 bits per heavy atom. The molecule has 3 aliphatic heterocycles. The molecule has 2 fully saturated rings. The molecule has 202 valence electrons. The fourth-order valence-corrected chi connectivity index (χ4v) is 7.39. The van der Waals surface area contributed by atoms with E-state index >= 15 is 0 Å². The number of aryl methyl sites for hydroxylation is 1. The maximum atomic E-state index is 14.4. The number of ether oxygens (including phenoxy) is 1. The van der Waals surface area contributed by atoms with Crippen LogP contribution < -0.4 is 19.3 Å². The number of fused-ring (bicyclic) bond motifs is 2. The number of urea groups is 1. The van der Waals surface area contributed by atoms with Gasteiger partial charge in [0.2, 0.25) is 10.0 Å². The molecule has 7 rings (SSSR count). The number of benzene rings is 1. The highest BCUT2D eigenvalue weighted by Gasteiger charge is 2.38. The Bertz CT molecular complexity index is 1630. The first-order valence-electron chi connectivity index (χ1n) is 13.0. The maximum absolute atomic E-state index is 14.4. The Morgan fingerprint density at radius 2 is 2.00 bits per heavy atom. The van der Waals surface area contributed by atoms with E-state index in [1.54, 1.807) is 23.1 Å². The molecule has 1 aromatic carbocycles. The Morgan fingerprint density at radius 1 is 1.15 bits per heavy atom. The molecule has 3 aromatic rings. The van der Waals surface area contributed by atoms with Gasteiger partial charge >= 0.3 is 6.03 Å². The van der Waals surface area contributed by atoms with E-state index in [-0.39, 0.29) is 23.9 Å². The zero-order valence-electron chi connectivity index (χ0n) is 20.9. The van der Waals surface area contributed by atoms with Crippen LogP contribution in [0.2, 0.25) is 5.02 Å². The van der Waals surface area contributed by atoms with Gasteiger partial charge in [-0.1, -0.05) is 11.6 Å². The Kier molecular flexibility index (Phi) is 5.71. The lowest BCUT2D eigenvalue weighted by Gasteiger charge is -2.33. The predicted molar refractivity (Wildman–Crippen MR) is 145 cm³/mol. The first-order chi connectivity index (χ1) is 18.8. The largest absolute Gasteiger partial charge is 0.484 e. The van der Waals surface area contributed by atoms with Crippen molar-refractivity contribution in [1.29, 1.82) is 0 Å². The summed E-state index contributed by atoms with van der Waals surface area (Å²) < 4.78 is 47.0. The van der Waals surface area contributed by atoms with Crippen LogP contribution in [-0.4, -0.2) is 36.7 Å². The number of pyridine rings is 2. The summed E-state index contributed by atoms with van der Waals surface area (Å²) in [4.78, 5) is 23.9. The van der Waals surface area contributed by atoms with E-state index in [1.165, 1.54) is 22.6 Å². The van der Waals surface area contributed by atoms with Gasteiger partial charge in [0.25, 0.3) is 0 Å². The van der Waals surface area contributed by atoms with Crippen LogP contribution in [0.15, 0.2) is 36.5 Å². The lowest BCUT2D eigenvalue weighted by atomic mass is 9.99. The fraction of sp³-hybridized carbons (Fsp3) is 0.370. The molecule has 0 spiro atoms. The number of rotatable bonds is 4. The quantitative estimate of drug-likeness (QED) is 0.457. The maximum Gasteiger partial charge on any atom is 0.326 e. The molecule has 2 aromatic heterocycles. The topological polar surface area (TPSA) is 105 Å². The smallest absolute Gasteiger partial charge is 0.326 e. The van der Waals surface area contributed by atoms with Gasteiger partial charge in [-0.05, 0) is 55.9 Å². The van der Waals surface area contributed by atoms with Crippen molar-refractivity contribution in [2.45, 2.75) is 50.7 Å². The first kappa shape index (κ1) is 24.6. The van der Waals surface area contributed by atoms with Crippen LogP contribution in [0.4, 0.5) is 26.4 Å². The van der Waals surface area contributed by atoms with E-state index in [0.717, 1.165) is 29.7 Å². The molecule has 1 saturated carbocycles. The molecule has 1 atom stereocenters. The number of anilines is 3. The number of hydrogen-bond acceptors (Lipinski definition) is 6. The standard InChI is InChI=1S/C27H25ClFN5O4S/c28-18-11-16-6-7-22(26-19(29)3-1-8-30-26)38-23(16)13-21(18)33-14-17-20(31-27(33)35)12-24(32-25(17)15-4-5-15)34-9-2-10-39(34,36)37/h1,3,8,11-13,15,22H,2,4-7,9-10,14H2,(H,31,35). The summed E-state index contributed by atoms with van der Waals surface area (Å²) in [7, 11) is -3.41. The molecule has 1 aliphatic carbocycles. The van der Waals surface area contributed by atoms with Gasteiger partial charge < -0.3 is 10.1 Å². The molecule has 0 radical (unpaired) electrons. The zero-order valence-corrected chi connectivity index (χ0v) is 22.4. The van der Waals surface area contributed by atoms with Gasteiger partial charge in [-0.2, -0.15) is 0 Å². The van der Waals surface area contributed by atoms with Gasteiger partial charge in [0, 0.05) is 36.4 Å². The van der Waals surface area contributed by atoms with E-state index in [9.17, 15) is 17.6 Å². The monoisotopic (exact) mass is 569 g/mol. The number of nitrogens with one attached hydrogen (secondary N) is 1. The van der Waals surface area contributed by atoms with Gasteiger partial charge in [0.05, 0.1) is 34.4 Å². The molecule has 2 amide bonds. The number of halogens is 2. The van der Waals surface area contributed by atoms with E-state index in [4.69, 9.17) is 21.3 Å². The highest BCUT2D eigenvalue weighted by atomic mass is 35.5. The van der Waals surface area contributed by atoms with Gasteiger partial charge in [0.1, 0.15) is 29.2 Å². The highest BCUT2D eigenvalue weighted by Crippen LogP contribution is 2.47. The number of nitrogens with zero attached hydrogens (tertiary/aromatic N) is 4. The van der Waals surface area contributed by atoms with Gasteiger partial charge in [-0.3, -0.25) is 14.2 Å². The van der Waals surface area contributed by atoms with Crippen LogP contribution in [0, 0.1) is 5.82 Å². The molecule has 9 nitrogen and oxygen atoms in total. The van der Waals surface area contributed by atoms with Crippen LogP contribution in [0.5, 0.6) is 5.75 Å². The van der Waals surface area contributed by atoms with Crippen LogP contribution >= 0.6 is 11.6 Å². The summed E-state index contributed by atoms with van der Waals surface area (Å²) in [6, 6.07) is 7.68. The average Bonchev–Trinajstić information content (AvgIpc) is 3.69. The Balaban J connectivity index is 1.23. The van der Waals surface area contributed by atoms with Crippen molar-refractivity contribution < 1.29 is 22.3 Å². The Labute approximate surface area is 230 Å². The van der Waals surface area contributed by atoms with E-state index in [1.807, 2.05) is 0 Å². The number of sulfonamides is 1. The van der Waals surface area contributed by atoms with E-state index < -0.39 is 28.0 Å². The van der Waals surface area contributed by atoms with Crippen molar-refractivity contribution in [2.75, 3.05) is 26.8 Å². The lowest BCUT2D eigenvalue weighted by molar-refractivity contribution is 0.167. The molecular weight excluding hydrogens is 545 g/mol. The molecule has 0 bridgehead atoms. The number of hydrogen-bond donors (Lipinski definition) is 1. The van der Waals surface area contributed by atoms with Gasteiger partial charge in [0.15, 0.2) is 0 Å². The molecular formula is C27H25ClFN5O4S. The lowest BCUT2D eigenvalue weighted by Crippen LogP contribution is -2.40. The Hall–Kier alpha value is -3.44. The normalized spacial score (nSPS) is 21.7. The van der Waals surface area contributed by atoms with Crippen molar-refractivity contribution in [2.24, 2.45) is 0 Å². The van der Waals surface area contributed by atoms with Gasteiger partial charge in [-0.25, -0.2) is 22.6 Å². The van der Waals surface area contributed by atoms with Crippen LogP contribution in [0.3, 0.4) is 0 Å². The summed E-state index contributed by atoms with van der Waals surface area (Å²) in [5, 5.41) is 3.34. The minimum Gasteiger partial charge on any atom is -0.484 e. The number of amides is 2. The second-order valence-corrected chi connectivity index (χ2v) is 12.8. The van der Waals surface area contributed by atoms with E-state index in [2.05, 4.69) is 10.3 Å². The van der Waals surface area contributed by atoms with Crippen molar-refractivity contribution in [3.05, 3.63) is 69.9 Å². The molecule has 4 aliphatic rings. The number of carbonyl (C=O) groups is 1. The number of carbonyl (C=O) groups excluding carboxylic acids is 1. The van der Waals surface area contributed by atoms with Gasteiger partial charge in [-0.15, -0.1) is 0 Å². The summed E-state index contributed by atoms with van der Waals surface area (Å²) in [6.07, 6.45) is 4.64. The molecule has 12 heteroatoms. The minimum absolute atomic E-state index is 0.0946. The number of aromatic nitrogens is 2. The third-order valence-electron chi connectivity index (χ3n) is 7.72. The fourth-order valence-electron chi connectivity index (χ4n) is 5.60. The molecule has 5 heterocycles. The third kappa shape index (κ3) is 4.28. The molecule has 39 heavy (non-hydrogen) atoms. The van der Waals surface area contributed by atoms with Crippen molar-refractivity contribution >= 4 is 44.8 Å². The van der Waals surface area contributed by atoms with Crippen molar-refractivity contribution in [1.82, 2.24) is 9.97 Å². The molecule has 1 N–H and O–H groups in total. The SMILES string of the molecule is O=C1Nc2cc(N3CCCS3(=O)=O)nc(C3CC3)c2CN1c1cc2c(cc1Cl)CCC(c1ncccc1F)O2. The average molecular weight is 570 g/mol. The first-order valence-corrected chi connectivity index (χ1v) is 15.0. The van der Waals surface area contributed by atoms with Crippen molar-refractivity contribution in [3.8, 4) is 5.75 Å². The zero-order chi connectivity index (χ0) is 26.9. The van der Waals surface area contributed by atoms with Crippen LogP contribution in [-0.2, 0) is 23.0 Å². The van der Waals surface area contributed by atoms with Crippen LogP contribution in [0.25, 0.3) is 0 Å². The highest BCUT2D eigenvalue weighted by molar-refractivity contribution is 7.93. The molecule has 1 unspecified atom stereocenters. The second kappa shape index (κ2) is 9.06. The van der Waals surface area contributed by atoms with E-state index in [0.29, 0.717) is 53.8 Å². The summed E-state index contributed by atoms with van der Waals surface area (Å²) in [5.41, 5.74) is 3.83. The van der Waals surface area contributed by atoms with Crippen LogP contribution in [0.1, 0.15) is 60.2 Å². The minimum atomic E-state index is -3.41. The summed E-state index contributed by atoms with van der Waals surface area (Å²) >= 11 is 6.68. The van der Waals surface area contributed by atoms with Crippen molar-refractivity contribution in [3.63, 3.8) is 0 Å². The third-order valence-corrected chi connectivity index (χ3v) is 9.87.